The van der Waals surface area contributed by atoms with Gasteiger partial charge in [-0.15, -0.1) is 0 Å². The highest BCUT2D eigenvalue weighted by molar-refractivity contribution is 5.77. The molecule has 0 radical (unpaired) electrons. The van der Waals surface area contributed by atoms with Gasteiger partial charge in [0.1, 0.15) is 5.75 Å². The van der Waals surface area contributed by atoms with E-state index in [1.54, 1.807) is 22.8 Å². The van der Waals surface area contributed by atoms with Gasteiger partial charge in [0, 0.05) is 31.7 Å². The number of likely N-dealkylation sites (N-methyl/N-ethyl adjacent to an activating group) is 1. The topological polar surface area (TPSA) is 60.2 Å². The SMILES string of the molecule is CCc1nc(C)ccc1OCC(=O)N(C)Cc1ccc(-n2cccn2)cc1. The van der Waals surface area contributed by atoms with Crippen molar-refractivity contribution in [3.8, 4) is 11.4 Å². The van der Waals surface area contributed by atoms with E-state index < -0.39 is 0 Å². The molecule has 0 unspecified atom stereocenters. The highest BCUT2D eigenvalue weighted by Crippen LogP contribution is 2.17. The molecule has 0 N–H and O–H groups in total. The van der Waals surface area contributed by atoms with Crippen molar-refractivity contribution in [2.45, 2.75) is 26.8 Å². The van der Waals surface area contributed by atoms with Crippen LogP contribution in [0.4, 0.5) is 0 Å². The number of amides is 1. The third kappa shape index (κ3) is 4.73. The summed E-state index contributed by atoms with van der Waals surface area (Å²) >= 11 is 0. The molecule has 2 aromatic heterocycles. The van der Waals surface area contributed by atoms with Gasteiger partial charge in [0.05, 0.1) is 11.4 Å². The smallest absolute Gasteiger partial charge is 0.260 e. The monoisotopic (exact) mass is 364 g/mol. The largest absolute Gasteiger partial charge is 0.482 e. The molecule has 140 valence electrons. The van der Waals surface area contributed by atoms with Crippen molar-refractivity contribution >= 4 is 5.91 Å². The van der Waals surface area contributed by atoms with E-state index >= 15 is 0 Å². The predicted molar refractivity (Wildman–Crippen MR) is 104 cm³/mol. The fraction of sp³-hybridized carbons (Fsp3) is 0.286. The normalized spacial score (nSPS) is 10.6. The summed E-state index contributed by atoms with van der Waals surface area (Å²) in [7, 11) is 1.78. The van der Waals surface area contributed by atoms with Crippen molar-refractivity contribution < 1.29 is 9.53 Å². The number of pyridine rings is 1. The van der Waals surface area contributed by atoms with E-state index in [-0.39, 0.29) is 12.5 Å². The number of aromatic nitrogens is 3. The fourth-order valence-electron chi connectivity index (χ4n) is 2.77. The Morgan fingerprint density at radius 3 is 2.63 bits per heavy atom. The first kappa shape index (κ1) is 18.6. The van der Waals surface area contributed by atoms with Crippen LogP contribution in [0.5, 0.6) is 5.75 Å². The van der Waals surface area contributed by atoms with Crippen molar-refractivity contribution in [1.29, 1.82) is 0 Å². The fourth-order valence-corrected chi connectivity index (χ4v) is 2.77. The van der Waals surface area contributed by atoms with Gasteiger partial charge in [-0.05, 0) is 49.2 Å². The summed E-state index contributed by atoms with van der Waals surface area (Å²) in [5.74, 6) is 0.599. The summed E-state index contributed by atoms with van der Waals surface area (Å²) in [5, 5.41) is 4.21. The molecule has 0 aliphatic heterocycles. The molecule has 2 heterocycles. The number of nitrogens with zero attached hydrogens (tertiary/aromatic N) is 4. The van der Waals surface area contributed by atoms with Crippen LogP contribution in [0.2, 0.25) is 0 Å². The van der Waals surface area contributed by atoms with Crippen LogP contribution in [0.1, 0.15) is 23.9 Å². The van der Waals surface area contributed by atoms with Crippen molar-refractivity contribution in [2.75, 3.05) is 13.7 Å². The third-order valence-electron chi connectivity index (χ3n) is 4.31. The first-order valence-corrected chi connectivity index (χ1v) is 8.99. The molecule has 1 amide bonds. The molecule has 0 aliphatic carbocycles. The van der Waals surface area contributed by atoms with Crippen LogP contribution in [0, 0.1) is 6.92 Å². The maximum atomic E-state index is 12.4. The zero-order valence-electron chi connectivity index (χ0n) is 15.9. The van der Waals surface area contributed by atoms with E-state index in [9.17, 15) is 4.79 Å². The molecule has 0 spiro atoms. The lowest BCUT2D eigenvalue weighted by Gasteiger charge is -2.18. The first-order valence-electron chi connectivity index (χ1n) is 8.99. The third-order valence-corrected chi connectivity index (χ3v) is 4.31. The summed E-state index contributed by atoms with van der Waals surface area (Å²) < 4.78 is 7.51. The molecule has 27 heavy (non-hydrogen) atoms. The molecule has 0 fully saturated rings. The van der Waals surface area contributed by atoms with Crippen LogP contribution < -0.4 is 4.74 Å². The lowest BCUT2D eigenvalue weighted by molar-refractivity contribution is -0.132. The number of hydrogen-bond donors (Lipinski definition) is 0. The van der Waals surface area contributed by atoms with E-state index in [0.29, 0.717) is 12.3 Å². The number of hydrogen-bond acceptors (Lipinski definition) is 4. The highest BCUT2D eigenvalue weighted by Gasteiger charge is 2.12. The molecule has 0 atom stereocenters. The Labute approximate surface area is 159 Å². The Balaban J connectivity index is 1.56. The quantitative estimate of drug-likeness (QED) is 0.646. The average Bonchev–Trinajstić information content (AvgIpc) is 3.22. The van der Waals surface area contributed by atoms with Crippen LogP contribution in [0.25, 0.3) is 5.69 Å². The Bertz CT molecular complexity index is 889. The zero-order valence-corrected chi connectivity index (χ0v) is 15.9. The van der Waals surface area contributed by atoms with Crippen LogP contribution >= 0.6 is 0 Å². The maximum absolute atomic E-state index is 12.4. The lowest BCUT2D eigenvalue weighted by atomic mass is 10.2. The Kier molecular flexibility index (Phi) is 5.86. The van der Waals surface area contributed by atoms with Gasteiger partial charge in [-0.3, -0.25) is 9.78 Å². The minimum atomic E-state index is -0.0752. The standard InChI is InChI=1S/C21H24N4O2/c1-4-19-20(11-6-16(2)23-19)27-15-21(26)24(3)14-17-7-9-18(10-8-17)25-13-5-12-22-25/h5-13H,4,14-15H2,1-3H3. The summed E-state index contributed by atoms with van der Waals surface area (Å²) in [6.45, 7) is 4.49. The van der Waals surface area contributed by atoms with Gasteiger partial charge >= 0.3 is 0 Å². The van der Waals surface area contributed by atoms with Gasteiger partial charge < -0.3 is 9.64 Å². The average molecular weight is 364 g/mol. The molecule has 0 saturated carbocycles. The van der Waals surface area contributed by atoms with Gasteiger partial charge in [-0.1, -0.05) is 19.1 Å². The van der Waals surface area contributed by atoms with Gasteiger partial charge in [0.15, 0.2) is 6.61 Å². The highest BCUT2D eigenvalue weighted by atomic mass is 16.5. The van der Waals surface area contributed by atoms with Gasteiger partial charge in [-0.25, -0.2) is 4.68 Å². The van der Waals surface area contributed by atoms with Crippen LogP contribution in [-0.2, 0) is 17.8 Å². The van der Waals surface area contributed by atoms with Crippen LogP contribution in [-0.4, -0.2) is 39.2 Å². The van der Waals surface area contributed by atoms with Gasteiger partial charge in [0.25, 0.3) is 5.91 Å². The van der Waals surface area contributed by atoms with E-state index in [0.717, 1.165) is 29.1 Å². The number of rotatable bonds is 7. The lowest BCUT2D eigenvalue weighted by Crippen LogP contribution is -2.31. The Morgan fingerprint density at radius 1 is 1.19 bits per heavy atom. The molecule has 6 nitrogen and oxygen atoms in total. The van der Waals surface area contributed by atoms with Gasteiger partial charge in [-0.2, -0.15) is 5.10 Å². The molecule has 3 aromatic rings. The molecule has 1 aromatic carbocycles. The van der Waals surface area contributed by atoms with Crippen molar-refractivity contribution in [3.63, 3.8) is 0 Å². The summed E-state index contributed by atoms with van der Waals surface area (Å²) in [6, 6.07) is 13.6. The Hall–Kier alpha value is -3.15. The van der Waals surface area contributed by atoms with Crippen molar-refractivity contribution in [1.82, 2.24) is 19.7 Å². The number of benzene rings is 1. The van der Waals surface area contributed by atoms with E-state index in [1.165, 1.54) is 0 Å². The second kappa shape index (κ2) is 8.49. The predicted octanol–water partition coefficient (Wildman–Crippen LogP) is 3.18. The second-order valence-electron chi connectivity index (χ2n) is 6.41. The molecule has 0 aliphatic rings. The summed E-state index contributed by atoms with van der Waals surface area (Å²) in [6.07, 6.45) is 4.41. The molecular formula is C21H24N4O2. The first-order chi connectivity index (χ1) is 13.1. The van der Waals surface area contributed by atoms with Gasteiger partial charge in [0.2, 0.25) is 0 Å². The summed E-state index contributed by atoms with van der Waals surface area (Å²) in [4.78, 5) is 18.5. The molecular weight excluding hydrogens is 340 g/mol. The number of carbonyl (C=O) groups excluding carboxylic acids is 1. The maximum Gasteiger partial charge on any atom is 0.260 e. The molecule has 3 rings (SSSR count). The van der Waals surface area contributed by atoms with E-state index in [2.05, 4.69) is 10.1 Å². The zero-order chi connectivity index (χ0) is 19.2. The number of aryl methyl sites for hydroxylation is 2. The molecule has 0 saturated heterocycles. The van der Waals surface area contributed by atoms with Crippen molar-refractivity contribution in [2.24, 2.45) is 0 Å². The van der Waals surface area contributed by atoms with E-state index in [1.807, 2.05) is 62.5 Å². The number of ether oxygens (including phenoxy) is 1. The minimum absolute atomic E-state index is 0.000385. The minimum Gasteiger partial charge on any atom is -0.482 e. The second-order valence-corrected chi connectivity index (χ2v) is 6.41. The van der Waals surface area contributed by atoms with Crippen LogP contribution in [0.3, 0.4) is 0 Å². The Morgan fingerprint density at radius 2 is 1.96 bits per heavy atom. The van der Waals surface area contributed by atoms with E-state index in [4.69, 9.17) is 4.74 Å². The molecule has 0 bridgehead atoms. The summed E-state index contributed by atoms with van der Waals surface area (Å²) in [5.41, 5.74) is 3.86. The van der Waals surface area contributed by atoms with Crippen molar-refractivity contribution in [3.05, 3.63) is 71.8 Å². The molecule has 6 heteroatoms. The number of carbonyl (C=O) groups is 1. The van der Waals surface area contributed by atoms with Crippen LogP contribution in [0.15, 0.2) is 54.9 Å².